The van der Waals surface area contributed by atoms with Crippen molar-refractivity contribution < 1.29 is 9.90 Å². The molecule has 1 aromatic carbocycles. The first-order valence-electron chi connectivity index (χ1n) is 6.32. The maximum absolute atomic E-state index is 11.1. The summed E-state index contributed by atoms with van der Waals surface area (Å²) in [4.78, 5) is 11.1. The summed E-state index contributed by atoms with van der Waals surface area (Å²) in [5.41, 5.74) is 2.68. The third kappa shape index (κ3) is 2.50. The molecule has 0 aliphatic carbocycles. The highest BCUT2D eigenvalue weighted by atomic mass is 16.4. The van der Waals surface area contributed by atoms with Crippen molar-refractivity contribution in [1.29, 1.82) is 0 Å². The molecular formula is C14H17N3O2. The highest BCUT2D eigenvalue weighted by Gasteiger charge is 2.18. The van der Waals surface area contributed by atoms with Crippen LogP contribution in [0.4, 0.5) is 0 Å². The summed E-state index contributed by atoms with van der Waals surface area (Å²) in [5, 5.41) is 16.8. The van der Waals surface area contributed by atoms with Crippen LogP contribution in [-0.4, -0.2) is 26.1 Å². The van der Waals surface area contributed by atoms with Crippen molar-refractivity contribution in [3.63, 3.8) is 0 Å². The Bertz CT molecular complexity index is 602. The molecule has 1 heterocycles. The molecule has 0 radical (unpaired) electrons. The molecule has 0 saturated carbocycles. The molecule has 1 aromatic heterocycles. The summed E-state index contributed by atoms with van der Waals surface area (Å²) >= 11 is 0. The van der Waals surface area contributed by atoms with Gasteiger partial charge in [0.15, 0.2) is 5.69 Å². The van der Waals surface area contributed by atoms with Crippen molar-refractivity contribution in [2.45, 2.75) is 33.1 Å². The standard InChI is InChI=1S/C14H17N3O2/c1-4-12-13(14(18)19)15-16-17(12)11-7-5-6-10(8-11)9(2)3/h5-9H,4H2,1-3H3,(H,18,19). The van der Waals surface area contributed by atoms with E-state index in [0.29, 0.717) is 18.0 Å². The average Bonchev–Trinajstić information content (AvgIpc) is 2.82. The maximum atomic E-state index is 11.1. The van der Waals surface area contributed by atoms with Gasteiger partial charge in [-0.05, 0) is 30.0 Å². The number of nitrogens with zero attached hydrogens (tertiary/aromatic N) is 3. The van der Waals surface area contributed by atoms with Gasteiger partial charge in [0.05, 0.1) is 11.4 Å². The van der Waals surface area contributed by atoms with Crippen LogP contribution in [0, 0.1) is 0 Å². The molecule has 1 N–H and O–H groups in total. The van der Waals surface area contributed by atoms with Crippen LogP contribution in [0.15, 0.2) is 24.3 Å². The molecule has 19 heavy (non-hydrogen) atoms. The topological polar surface area (TPSA) is 68.0 Å². The second kappa shape index (κ2) is 5.22. The first-order chi connectivity index (χ1) is 9.04. The van der Waals surface area contributed by atoms with Crippen LogP contribution in [-0.2, 0) is 6.42 Å². The fraction of sp³-hybridized carbons (Fsp3) is 0.357. The van der Waals surface area contributed by atoms with Gasteiger partial charge in [-0.3, -0.25) is 0 Å². The summed E-state index contributed by atoms with van der Waals surface area (Å²) in [6.07, 6.45) is 0.570. The summed E-state index contributed by atoms with van der Waals surface area (Å²) in [6.45, 7) is 6.13. The van der Waals surface area contributed by atoms with Crippen molar-refractivity contribution in [2.24, 2.45) is 0 Å². The first-order valence-corrected chi connectivity index (χ1v) is 6.32. The Morgan fingerprint density at radius 2 is 2.16 bits per heavy atom. The Morgan fingerprint density at radius 1 is 1.42 bits per heavy atom. The van der Waals surface area contributed by atoms with Gasteiger partial charge in [0.1, 0.15) is 0 Å². The lowest BCUT2D eigenvalue weighted by Crippen LogP contribution is -2.06. The summed E-state index contributed by atoms with van der Waals surface area (Å²) in [5.74, 6) is -0.629. The second-order valence-electron chi connectivity index (χ2n) is 4.70. The molecule has 5 nitrogen and oxygen atoms in total. The number of carboxylic acid groups (broad SMARTS) is 1. The minimum atomic E-state index is -1.04. The molecule has 0 fully saturated rings. The largest absolute Gasteiger partial charge is 0.476 e. The number of hydrogen-bond donors (Lipinski definition) is 1. The maximum Gasteiger partial charge on any atom is 0.358 e. The van der Waals surface area contributed by atoms with Gasteiger partial charge < -0.3 is 5.11 Å². The number of carboxylic acids is 1. The lowest BCUT2D eigenvalue weighted by molar-refractivity contribution is 0.0689. The van der Waals surface area contributed by atoms with Gasteiger partial charge in [-0.15, -0.1) is 5.10 Å². The van der Waals surface area contributed by atoms with Crippen LogP contribution >= 0.6 is 0 Å². The van der Waals surface area contributed by atoms with E-state index >= 15 is 0 Å². The van der Waals surface area contributed by atoms with E-state index in [1.54, 1.807) is 4.68 Å². The van der Waals surface area contributed by atoms with E-state index in [0.717, 1.165) is 5.69 Å². The zero-order valence-corrected chi connectivity index (χ0v) is 11.3. The molecule has 100 valence electrons. The molecule has 0 atom stereocenters. The third-order valence-electron chi connectivity index (χ3n) is 3.08. The summed E-state index contributed by atoms with van der Waals surface area (Å²) in [7, 11) is 0. The van der Waals surface area contributed by atoms with E-state index in [2.05, 4.69) is 30.2 Å². The Morgan fingerprint density at radius 3 is 2.74 bits per heavy atom. The molecule has 0 aliphatic rings. The van der Waals surface area contributed by atoms with Crippen LogP contribution in [0.25, 0.3) is 5.69 Å². The lowest BCUT2D eigenvalue weighted by Gasteiger charge is -2.09. The molecule has 5 heteroatoms. The number of benzene rings is 1. The fourth-order valence-electron chi connectivity index (χ4n) is 2.01. The van der Waals surface area contributed by atoms with Crippen molar-refractivity contribution in [3.8, 4) is 5.69 Å². The molecule has 0 saturated heterocycles. The Labute approximate surface area is 111 Å². The number of hydrogen-bond acceptors (Lipinski definition) is 3. The van der Waals surface area contributed by atoms with Crippen molar-refractivity contribution in [2.75, 3.05) is 0 Å². The van der Waals surface area contributed by atoms with Gasteiger partial charge in [-0.2, -0.15) is 0 Å². The number of aromatic nitrogens is 3. The molecule has 2 rings (SSSR count). The Balaban J connectivity index is 2.53. The van der Waals surface area contributed by atoms with Gasteiger partial charge in [-0.1, -0.05) is 38.1 Å². The summed E-state index contributed by atoms with van der Waals surface area (Å²) in [6, 6.07) is 7.93. The van der Waals surface area contributed by atoms with E-state index in [-0.39, 0.29) is 5.69 Å². The van der Waals surface area contributed by atoms with E-state index in [1.165, 1.54) is 5.56 Å². The monoisotopic (exact) mass is 259 g/mol. The van der Waals surface area contributed by atoms with E-state index in [1.807, 2.05) is 25.1 Å². The summed E-state index contributed by atoms with van der Waals surface area (Å²) < 4.78 is 1.61. The molecule has 2 aromatic rings. The number of carbonyl (C=O) groups is 1. The molecule has 0 amide bonds. The van der Waals surface area contributed by atoms with Gasteiger partial charge in [0.25, 0.3) is 0 Å². The minimum absolute atomic E-state index is 0.0254. The van der Waals surface area contributed by atoms with Crippen LogP contribution in [0.3, 0.4) is 0 Å². The van der Waals surface area contributed by atoms with Crippen LogP contribution < -0.4 is 0 Å². The smallest absolute Gasteiger partial charge is 0.358 e. The predicted octanol–water partition coefficient (Wildman–Crippen LogP) is 2.65. The normalized spacial score (nSPS) is 10.9. The van der Waals surface area contributed by atoms with E-state index < -0.39 is 5.97 Å². The Kier molecular flexibility index (Phi) is 3.64. The molecule has 0 unspecified atom stereocenters. The molecule has 0 spiro atoms. The minimum Gasteiger partial charge on any atom is -0.476 e. The zero-order valence-electron chi connectivity index (χ0n) is 11.3. The number of aromatic carboxylic acids is 1. The lowest BCUT2D eigenvalue weighted by atomic mass is 10.0. The van der Waals surface area contributed by atoms with Gasteiger partial charge >= 0.3 is 5.97 Å². The van der Waals surface area contributed by atoms with Gasteiger partial charge in [0, 0.05) is 0 Å². The van der Waals surface area contributed by atoms with Gasteiger partial charge in [0.2, 0.25) is 0 Å². The number of rotatable bonds is 4. The average molecular weight is 259 g/mol. The zero-order chi connectivity index (χ0) is 14.0. The highest BCUT2D eigenvalue weighted by Crippen LogP contribution is 2.19. The quantitative estimate of drug-likeness (QED) is 0.916. The van der Waals surface area contributed by atoms with Gasteiger partial charge in [-0.25, -0.2) is 9.48 Å². The van der Waals surface area contributed by atoms with E-state index in [4.69, 9.17) is 5.11 Å². The van der Waals surface area contributed by atoms with Crippen LogP contribution in [0.1, 0.15) is 48.4 Å². The Hall–Kier alpha value is -2.17. The molecular weight excluding hydrogens is 242 g/mol. The first kappa shape index (κ1) is 13.3. The SMILES string of the molecule is CCc1c(C(=O)O)nnn1-c1cccc(C(C)C)c1. The van der Waals surface area contributed by atoms with Crippen molar-refractivity contribution >= 4 is 5.97 Å². The predicted molar refractivity (Wildman–Crippen MR) is 71.8 cm³/mol. The fourth-order valence-corrected chi connectivity index (χ4v) is 2.01. The van der Waals surface area contributed by atoms with Crippen molar-refractivity contribution in [3.05, 3.63) is 41.2 Å². The second-order valence-corrected chi connectivity index (χ2v) is 4.70. The molecule has 0 aliphatic heterocycles. The third-order valence-corrected chi connectivity index (χ3v) is 3.08. The van der Waals surface area contributed by atoms with Crippen molar-refractivity contribution in [1.82, 2.24) is 15.0 Å². The van der Waals surface area contributed by atoms with Crippen LogP contribution in [0.5, 0.6) is 0 Å². The van der Waals surface area contributed by atoms with E-state index in [9.17, 15) is 4.79 Å². The highest BCUT2D eigenvalue weighted by molar-refractivity contribution is 5.86. The molecule has 0 bridgehead atoms. The van der Waals surface area contributed by atoms with Crippen LogP contribution in [0.2, 0.25) is 0 Å².